The van der Waals surface area contributed by atoms with E-state index in [2.05, 4.69) is 22.1 Å². The average molecular weight is 276 g/mol. The Bertz CT molecular complexity index is 423. The Morgan fingerprint density at radius 3 is 3.15 bits per heavy atom. The molecule has 0 aliphatic carbocycles. The van der Waals surface area contributed by atoms with Gasteiger partial charge in [0.2, 0.25) is 5.91 Å². The van der Waals surface area contributed by atoms with Crippen LogP contribution in [0.1, 0.15) is 31.5 Å². The van der Waals surface area contributed by atoms with Crippen LogP contribution in [0.4, 0.5) is 0 Å². The summed E-state index contributed by atoms with van der Waals surface area (Å²) in [6.45, 7) is 5.03. The summed E-state index contributed by atoms with van der Waals surface area (Å²) in [5, 5.41) is 2.90. The third-order valence-corrected chi connectivity index (χ3v) is 3.93. The van der Waals surface area contributed by atoms with Gasteiger partial charge < -0.3 is 11.1 Å². The highest BCUT2D eigenvalue weighted by Gasteiger charge is 2.28. The quantitative estimate of drug-likeness (QED) is 0.839. The minimum atomic E-state index is 0.0708. The maximum absolute atomic E-state index is 12.1. The Hall–Kier alpha value is -1.46. The number of carbonyl (C=O) groups excluding carboxylic acids is 1. The first-order valence-corrected chi connectivity index (χ1v) is 7.35. The lowest BCUT2D eigenvalue weighted by Gasteiger charge is -2.35. The van der Waals surface area contributed by atoms with Gasteiger partial charge in [0.15, 0.2) is 0 Å². The molecule has 2 unspecified atom stereocenters. The molecular weight excluding hydrogens is 252 g/mol. The topological polar surface area (TPSA) is 71.2 Å². The molecule has 1 fully saturated rings. The minimum Gasteiger partial charge on any atom is -0.355 e. The molecule has 1 aliphatic heterocycles. The number of hydrogen-bond acceptors (Lipinski definition) is 4. The van der Waals surface area contributed by atoms with Crippen LogP contribution in [0.5, 0.6) is 0 Å². The maximum atomic E-state index is 12.1. The van der Waals surface area contributed by atoms with Crippen LogP contribution in [0, 0.1) is 5.92 Å². The van der Waals surface area contributed by atoms with Crippen LogP contribution in [-0.2, 0) is 4.79 Å². The van der Waals surface area contributed by atoms with Crippen molar-refractivity contribution in [3.8, 4) is 0 Å². The van der Waals surface area contributed by atoms with Crippen LogP contribution in [0.15, 0.2) is 24.4 Å². The standard InChI is InChI=1S/C15H24N4O/c1-12(14-6-2-3-8-17-14)19-10-4-5-13(11-19)15(20)18-9-7-16/h2-3,6,8,12-13H,4-5,7,9-11,16H2,1H3,(H,18,20). The van der Waals surface area contributed by atoms with Crippen molar-refractivity contribution < 1.29 is 4.79 Å². The zero-order valence-electron chi connectivity index (χ0n) is 12.1. The monoisotopic (exact) mass is 276 g/mol. The predicted molar refractivity (Wildman–Crippen MR) is 79.0 cm³/mol. The van der Waals surface area contributed by atoms with Crippen molar-refractivity contribution in [2.75, 3.05) is 26.2 Å². The van der Waals surface area contributed by atoms with Crippen molar-refractivity contribution in [2.24, 2.45) is 11.7 Å². The summed E-state index contributed by atoms with van der Waals surface area (Å²) in [5.41, 5.74) is 6.49. The van der Waals surface area contributed by atoms with Crippen molar-refractivity contribution in [2.45, 2.75) is 25.8 Å². The van der Waals surface area contributed by atoms with Crippen LogP contribution in [0.2, 0.25) is 0 Å². The Labute approximate surface area is 120 Å². The number of piperidine rings is 1. The van der Waals surface area contributed by atoms with Gasteiger partial charge in [0.05, 0.1) is 11.6 Å². The Balaban J connectivity index is 1.94. The van der Waals surface area contributed by atoms with Gasteiger partial charge in [-0.1, -0.05) is 6.07 Å². The SMILES string of the molecule is CC(c1ccccn1)N1CCCC(C(=O)NCCN)C1. The summed E-state index contributed by atoms with van der Waals surface area (Å²) in [6.07, 6.45) is 3.83. The predicted octanol–water partition coefficient (Wildman–Crippen LogP) is 0.930. The van der Waals surface area contributed by atoms with Crippen molar-refractivity contribution in [1.29, 1.82) is 0 Å². The summed E-state index contributed by atoms with van der Waals surface area (Å²) < 4.78 is 0. The molecule has 3 N–H and O–H groups in total. The first-order valence-electron chi connectivity index (χ1n) is 7.35. The summed E-state index contributed by atoms with van der Waals surface area (Å²) in [5.74, 6) is 0.204. The van der Waals surface area contributed by atoms with E-state index in [-0.39, 0.29) is 17.9 Å². The van der Waals surface area contributed by atoms with Gasteiger partial charge in [-0.05, 0) is 38.4 Å². The van der Waals surface area contributed by atoms with Crippen molar-refractivity contribution in [1.82, 2.24) is 15.2 Å². The summed E-state index contributed by atoms with van der Waals surface area (Å²) >= 11 is 0. The lowest BCUT2D eigenvalue weighted by molar-refractivity contribution is -0.126. The zero-order valence-corrected chi connectivity index (χ0v) is 12.1. The van der Waals surface area contributed by atoms with Crippen molar-refractivity contribution in [3.05, 3.63) is 30.1 Å². The molecule has 1 aromatic rings. The number of carbonyl (C=O) groups is 1. The average Bonchev–Trinajstić information content (AvgIpc) is 2.52. The highest BCUT2D eigenvalue weighted by atomic mass is 16.1. The number of likely N-dealkylation sites (tertiary alicyclic amines) is 1. The second kappa shape index (κ2) is 7.36. The molecular formula is C15H24N4O. The smallest absolute Gasteiger partial charge is 0.224 e. The molecule has 0 radical (unpaired) electrons. The van der Waals surface area contributed by atoms with Crippen molar-refractivity contribution in [3.63, 3.8) is 0 Å². The highest BCUT2D eigenvalue weighted by Crippen LogP contribution is 2.25. The molecule has 2 heterocycles. The van der Waals surface area contributed by atoms with Gasteiger partial charge in [0, 0.05) is 31.9 Å². The van der Waals surface area contributed by atoms with Gasteiger partial charge in [-0.15, -0.1) is 0 Å². The van der Waals surface area contributed by atoms with E-state index in [0.717, 1.165) is 31.6 Å². The normalized spacial score (nSPS) is 21.4. The molecule has 110 valence electrons. The van der Waals surface area contributed by atoms with Crippen LogP contribution in [0.3, 0.4) is 0 Å². The molecule has 1 aliphatic rings. The van der Waals surface area contributed by atoms with Crippen LogP contribution >= 0.6 is 0 Å². The van der Waals surface area contributed by atoms with E-state index in [1.807, 2.05) is 24.4 Å². The van der Waals surface area contributed by atoms with E-state index in [1.165, 1.54) is 0 Å². The zero-order chi connectivity index (χ0) is 14.4. The first-order chi connectivity index (χ1) is 9.72. The molecule has 1 aromatic heterocycles. The molecule has 1 saturated heterocycles. The number of amides is 1. The summed E-state index contributed by atoms with van der Waals surface area (Å²) in [6, 6.07) is 6.23. The number of aromatic nitrogens is 1. The van der Waals surface area contributed by atoms with E-state index in [9.17, 15) is 4.79 Å². The van der Waals surface area contributed by atoms with Gasteiger partial charge in [-0.2, -0.15) is 0 Å². The Morgan fingerprint density at radius 2 is 2.45 bits per heavy atom. The molecule has 5 nitrogen and oxygen atoms in total. The first kappa shape index (κ1) is 14.9. The number of rotatable bonds is 5. The molecule has 0 bridgehead atoms. The largest absolute Gasteiger partial charge is 0.355 e. The van der Waals surface area contributed by atoms with E-state index >= 15 is 0 Å². The summed E-state index contributed by atoms with van der Waals surface area (Å²) in [7, 11) is 0. The van der Waals surface area contributed by atoms with Gasteiger partial charge in [-0.3, -0.25) is 14.7 Å². The highest BCUT2D eigenvalue weighted by molar-refractivity contribution is 5.78. The fourth-order valence-corrected chi connectivity index (χ4v) is 2.72. The molecule has 1 amide bonds. The fraction of sp³-hybridized carbons (Fsp3) is 0.600. The van der Waals surface area contributed by atoms with E-state index < -0.39 is 0 Å². The number of nitrogens with two attached hydrogens (primary N) is 1. The Kier molecular flexibility index (Phi) is 5.49. The molecule has 0 aromatic carbocycles. The second-order valence-electron chi connectivity index (χ2n) is 5.34. The summed E-state index contributed by atoms with van der Waals surface area (Å²) in [4.78, 5) is 18.8. The molecule has 2 atom stereocenters. The lowest BCUT2D eigenvalue weighted by Crippen LogP contribution is -2.44. The molecule has 0 spiro atoms. The number of pyridine rings is 1. The number of hydrogen-bond donors (Lipinski definition) is 2. The van der Waals surface area contributed by atoms with Gasteiger partial charge in [0.1, 0.15) is 0 Å². The van der Waals surface area contributed by atoms with Crippen molar-refractivity contribution >= 4 is 5.91 Å². The molecule has 0 saturated carbocycles. The Morgan fingerprint density at radius 1 is 1.60 bits per heavy atom. The van der Waals surface area contributed by atoms with E-state index in [4.69, 9.17) is 5.73 Å². The van der Waals surface area contributed by atoms with Gasteiger partial charge >= 0.3 is 0 Å². The number of nitrogens with zero attached hydrogens (tertiary/aromatic N) is 2. The fourth-order valence-electron chi connectivity index (χ4n) is 2.72. The third-order valence-electron chi connectivity index (χ3n) is 3.93. The minimum absolute atomic E-state index is 0.0708. The number of nitrogens with one attached hydrogen (secondary N) is 1. The van der Waals surface area contributed by atoms with Gasteiger partial charge in [0.25, 0.3) is 0 Å². The molecule has 5 heteroatoms. The third kappa shape index (κ3) is 3.77. The van der Waals surface area contributed by atoms with Crippen LogP contribution in [0.25, 0.3) is 0 Å². The van der Waals surface area contributed by atoms with Gasteiger partial charge in [-0.25, -0.2) is 0 Å². The van der Waals surface area contributed by atoms with E-state index in [1.54, 1.807) is 0 Å². The van der Waals surface area contributed by atoms with Crippen LogP contribution in [-0.4, -0.2) is 42.0 Å². The molecule has 2 rings (SSSR count). The lowest BCUT2D eigenvalue weighted by atomic mass is 9.95. The molecule has 20 heavy (non-hydrogen) atoms. The van der Waals surface area contributed by atoms with Crippen LogP contribution < -0.4 is 11.1 Å². The second-order valence-corrected chi connectivity index (χ2v) is 5.34. The van der Waals surface area contributed by atoms with E-state index in [0.29, 0.717) is 13.1 Å². The maximum Gasteiger partial charge on any atom is 0.224 e.